The summed E-state index contributed by atoms with van der Waals surface area (Å²) >= 11 is 0. The molecule has 1 aromatic heterocycles. The van der Waals surface area contributed by atoms with Crippen LogP contribution in [-0.4, -0.2) is 45.7 Å². The van der Waals surface area contributed by atoms with Crippen molar-refractivity contribution in [2.75, 3.05) is 13.1 Å². The first-order valence-electron chi connectivity index (χ1n) is 5.57. The molecular weight excluding hydrogens is 258 g/mol. The lowest BCUT2D eigenvalue weighted by molar-refractivity contribution is 0.100. The largest absolute Gasteiger partial charge is 0.492 e. The van der Waals surface area contributed by atoms with E-state index in [2.05, 4.69) is 4.98 Å². The molecule has 8 heteroatoms. The molecule has 0 amide bonds. The van der Waals surface area contributed by atoms with Gasteiger partial charge in [0.1, 0.15) is 5.69 Å². The van der Waals surface area contributed by atoms with Gasteiger partial charge >= 0.3 is 10.2 Å². The number of hydrogen-bond donors (Lipinski definition) is 1. The van der Waals surface area contributed by atoms with Crippen molar-refractivity contribution in [3.05, 3.63) is 11.5 Å². The van der Waals surface area contributed by atoms with Crippen molar-refractivity contribution in [3.63, 3.8) is 0 Å². The number of rotatable bonds is 5. The minimum atomic E-state index is -3.97. The monoisotopic (exact) mass is 275 g/mol. The van der Waals surface area contributed by atoms with Crippen LogP contribution in [0.25, 0.3) is 0 Å². The standard InChI is InChI=1S/C10H17N3O4S/c1-5-12(6-2)18(16,17)13-9(8(4)14)11-7(3)10(13)15/h15H,5-6H2,1-4H3. The van der Waals surface area contributed by atoms with Gasteiger partial charge in [0, 0.05) is 20.0 Å². The normalized spacial score (nSPS) is 12.1. The summed E-state index contributed by atoms with van der Waals surface area (Å²) in [6.07, 6.45) is 0. The van der Waals surface area contributed by atoms with Crippen LogP contribution in [0.2, 0.25) is 0 Å². The highest BCUT2D eigenvalue weighted by molar-refractivity contribution is 7.87. The Balaban J connectivity index is 3.54. The van der Waals surface area contributed by atoms with Crippen LogP contribution >= 0.6 is 0 Å². The molecular formula is C10H17N3O4S. The van der Waals surface area contributed by atoms with E-state index >= 15 is 0 Å². The van der Waals surface area contributed by atoms with Crippen LogP contribution in [0.5, 0.6) is 5.88 Å². The molecule has 1 N–H and O–H groups in total. The van der Waals surface area contributed by atoms with Crippen molar-refractivity contribution in [3.8, 4) is 5.88 Å². The van der Waals surface area contributed by atoms with Gasteiger partial charge in [0.2, 0.25) is 5.88 Å². The smallest absolute Gasteiger partial charge is 0.312 e. The Morgan fingerprint density at radius 2 is 1.89 bits per heavy atom. The Bertz CT molecular complexity index is 558. The van der Waals surface area contributed by atoms with Crippen LogP contribution < -0.4 is 0 Å². The highest BCUT2D eigenvalue weighted by Gasteiger charge is 2.30. The zero-order valence-electron chi connectivity index (χ0n) is 10.8. The van der Waals surface area contributed by atoms with E-state index in [0.717, 1.165) is 4.31 Å². The van der Waals surface area contributed by atoms with E-state index < -0.39 is 21.9 Å². The van der Waals surface area contributed by atoms with Gasteiger partial charge in [-0.3, -0.25) is 4.79 Å². The number of imidazole rings is 1. The fraction of sp³-hybridized carbons (Fsp3) is 0.600. The SMILES string of the molecule is CCN(CC)S(=O)(=O)n1c(C(C)=O)nc(C)c1O. The summed E-state index contributed by atoms with van der Waals surface area (Å²) < 4.78 is 26.3. The molecule has 0 aromatic carbocycles. The van der Waals surface area contributed by atoms with E-state index in [1.807, 2.05) is 0 Å². The molecule has 0 saturated carbocycles. The molecule has 0 aliphatic carbocycles. The van der Waals surface area contributed by atoms with Gasteiger partial charge in [-0.25, -0.2) is 4.98 Å². The van der Waals surface area contributed by atoms with Crippen LogP contribution in [0, 0.1) is 6.92 Å². The zero-order valence-corrected chi connectivity index (χ0v) is 11.7. The van der Waals surface area contributed by atoms with Gasteiger partial charge in [-0.15, -0.1) is 0 Å². The molecule has 1 aromatic rings. The number of ketones is 1. The molecule has 102 valence electrons. The van der Waals surface area contributed by atoms with Crippen LogP contribution in [-0.2, 0) is 10.2 Å². The van der Waals surface area contributed by atoms with E-state index in [1.165, 1.54) is 13.8 Å². The fourth-order valence-corrected chi connectivity index (χ4v) is 3.23. The molecule has 0 unspecified atom stereocenters. The highest BCUT2D eigenvalue weighted by atomic mass is 32.2. The molecule has 0 aliphatic heterocycles. The average Bonchev–Trinajstić information content (AvgIpc) is 2.57. The minimum absolute atomic E-state index is 0.107. The predicted octanol–water partition coefficient (Wildman–Crippen LogP) is 0.534. The van der Waals surface area contributed by atoms with E-state index in [-0.39, 0.29) is 24.6 Å². The maximum Gasteiger partial charge on any atom is 0.312 e. The zero-order chi connectivity index (χ0) is 14.1. The van der Waals surface area contributed by atoms with Crippen molar-refractivity contribution in [1.82, 2.24) is 13.3 Å². The van der Waals surface area contributed by atoms with Crippen molar-refractivity contribution >= 4 is 16.0 Å². The van der Waals surface area contributed by atoms with Crippen LogP contribution in [0.1, 0.15) is 37.1 Å². The van der Waals surface area contributed by atoms with Gasteiger partial charge in [-0.2, -0.15) is 16.7 Å². The number of aromatic hydroxyl groups is 1. The average molecular weight is 275 g/mol. The van der Waals surface area contributed by atoms with Crippen LogP contribution in [0.3, 0.4) is 0 Å². The van der Waals surface area contributed by atoms with E-state index in [1.54, 1.807) is 13.8 Å². The predicted molar refractivity (Wildman–Crippen MR) is 65.9 cm³/mol. The lowest BCUT2D eigenvalue weighted by atomic mass is 10.4. The van der Waals surface area contributed by atoms with Crippen molar-refractivity contribution in [2.24, 2.45) is 0 Å². The summed E-state index contributed by atoms with van der Waals surface area (Å²) in [6, 6.07) is 0. The number of nitrogens with zero attached hydrogens (tertiary/aromatic N) is 3. The second-order valence-electron chi connectivity index (χ2n) is 3.76. The third-order valence-electron chi connectivity index (χ3n) is 2.56. The minimum Gasteiger partial charge on any atom is -0.492 e. The first kappa shape index (κ1) is 14.7. The number of carbonyl (C=O) groups is 1. The Morgan fingerprint density at radius 1 is 1.39 bits per heavy atom. The van der Waals surface area contributed by atoms with Crippen molar-refractivity contribution in [1.29, 1.82) is 0 Å². The first-order chi connectivity index (χ1) is 8.27. The fourth-order valence-electron chi connectivity index (χ4n) is 1.61. The van der Waals surface area contributed by atoms with E-state index in [4.69, 9.17) is 0 Å². The lowest BCUT2D eigenvalue weighted by Gasteiger charge is -2.19. The first-order valence-corrected chi connectivity index (χ1v) is 6.96. The third kappa shape index (κ3) is 2.25. The van der Waals surface area contributed by atoms with E-state index in [9.17, 15) is 18.3 Å². The summed E-state index contributed by atoms with van der Waals surface area (Å²) in [5.74, 6) is -1.32. The Morgan fingerprint density at radius 3 is 2.28 bits per heavy atom. The second-order valence-corrected chi connectivity index (χ2v) is 5.53. The molecule has 0 saturated heterocycles. The number of hydrogen-bond acceptors (Lipinski definition) is 5. The topological polar surface area (TPSA) is 92.5 Å². The van der Waals surface area contributed by atoms with Gasteiger partial charge in [0.05, 0.1) is 0 Å². The third-order valence-corrected chi connectivity index (χ3v) is 4.54. The van der Waals surface area contributed by atoms with Gasteiger partial charge in [0.25, 0.3) is 0 Å². The Labute approximate surface area is 106 Å². The van der Waals surface area contributed by atoms with Crippen molar-refractivity contribution in [2.45, 2.75) is 27.7 Å². The quantitative estimate of drug-likeness (QED) is 0.791. The summed E-state index contributed by atoms with van der Waals surface area (Å²) in [5, 5.41) is 9.79. The molecule has 7 nitrogen and oxygen atoms in total. The van der Waals surface area contributed by atoms with Gasteiger partial charge in [0.15, 0.2) is 11.6 Å². The molecule has 1 heterocycles. The lowest BCUT2D eigenvalue weighted by Crippen LogP contribution is -2.36. The molecule has 1 rings (SSSR count). The Hall–Kier alpha value is -1.41. The summed E-state index contributed by atoms with van der Waals surface area (Å²) in [7, 11) is -3.97. The maximum atomic E-state index is 12.3. The van der Waals surface area contributed by atoms with Crippen molar-refractivity contribution < 1.29 is 18.3 Å². The van der Waals surface area contributed by atoms with Crippen LogP contribution in [0.15, 0.2) is 0 Å². The molecule has 0 atom stereocenters. The van der Waals surface area contributed by atoms with Gasteiger partial charge in [-0.1, -0.05) is 13.8 Å². The number of carbonyl (C=O) groups excluding carboxylic acids is 1. The van der Waals surface area contributed by atoms with Crippen LogP contribution in [0.4, 0.5) is 0 Å². The second kappa shape index (κ2) is 5.07. The van der Waals surface area contributed by atoms with Gasteiger partial charge in [-0.05, 0) is 6.92 Å². The summed E-state index contributed by atoms with van der Waals surface area (Å²) in [4.78, 5) is 15.2. The molecule has 0 radical (unpaired) electrons. The van der Waals surface area contributed by atoms with E-state index in [0.29, 0.717) is 3.97 Å². The highest BCUT2D eigenvalue weighted by Crippen LogP contribution is 2.23. The summed E-state index contributed by atoms with van der Waals surface area (Å²) in [6.45, 7) is 6.48. The Kier molecular flexibility index (Phi) is 4.12. The maximum absolute atomic E-state index is 12.3. The summed E-state index contributed by atoms with van der Waals surface area (Å²) in [5.41, 5.74) is 0.107. The molecule has 0 bridgehead atoms. The number of aryl methyl sites for hydroxylation is 1. The molecule has 0 aliphatic rings. The van der Waals surface area contributed by atoms with Gasteiger partial charge < -0.3 is 5.11 Å². The number of Topliss-reactive ketones (excluding diaryl/α,β-unsaturated/α-hetero) is 1. The number of aromatic nitrogens is 2. The molecule has 18 heavy (non-hydrogen) atoms. The molecule has 0 spiro atoms. The molecule has 0 fully saturated rings.